The van der Waals surface area contributed by atoms with E-state index < -0.39 is 0 Å². The van der Waals surface area contributed by atoms with E-state index in [2.05, 4.69) is 31.4 Å². The molecule has 0 aliphatic carbocycles. The fraction of sp³-hybridized carbons (Fsp3) is 0.400. The number of anilines is 1. The lowest BCUT2D eigenvalue weighted by Gasteiger charge is -2.12. The van der Waals surface area contributed by atoms with Crippen LogP contribution < -0.4 is 11.1 Å². The van der Waals surface area contributed by atoms with Crippen LogP contribution in [-0.2, 0) is 13.5 Å². The van der Waals surface area contributed by atoms with E-state index in [1.54, 1.807) is 15.4 Å². The largest absolute Gasteiger partial charge is 0.383 e. The van der Waals surface area contributed by atoms with Gasteiger partial charge in [0.1, 0.15) is 5.82 Å². The van der Waals surface area contributed by atoms with Crippen LogP contribution in [0.15, 0.2) is 23.1 Å². The van der Waals surface area contributed by atoms with Crippen molar-refractivity contribution < 1.29 is 0 Å². The summed E-state index contributed by atoms with van der Waals surface area (Å²) in [5.41, 5.74) is 9.98. The third kappa shape index (κ3) is 2.51. The Morgan fingerprint density at radius 2 is 2.26 bits per heavy atom. The number of hydrogen-bond acceptors (Lipinski definition) is 5. The van der Waals surface area contributed by atoms with E-state index in [1.807, 2.05) is 19.4 Å². The molecular formula is C15H18BrN7. The lowest BCUT2D eigenvalue weighted by atomic mass is 10.0. The zero-order valence-electron chi connectivity index (χ0n) is 12.8. The van der Waals surface area contributed by atoms with E-state index in [4.69, 9.17) is 10.7 Å². The highest BCUT2D eigenvalue weighted by molar-refractivity contribution is 9.10. The first-order chi connectivity index (χ1) is 11.1. The van der Waals surface area contributed by atoms with Crippen LogP contribution in [0.5, 0.6) is 0 Å². The summed E-state index contributed by atoms with van der Waals surface area (Å²) in [5, 5.41) is 12.0. The number of aromatic nitrogens is 5. The van der Waals surface area contributed by atoms with Crippen molar-refractivity contribution in [2.75, 3.05) is 18.8 Å². The number of rotatable bonds is 3. The van der Waals surface area contributed by atoms with E-state index in [0.717, 1.165) is 46.5 Å². The molecule has 1 aliphatic heterocycles. The summed E-state index contributed by atoms with van der Waals surface area (Å²) < 4.78 is 4.30. The maximum atomic E-state index is 6.27. The number of hydrogen-bond donors (Lipinski definition) is 2. The second-order valence-electron chi connectivity index (χ2n) is 6.02. The maximum absolute atomic E-state index is 6.27. The molecule has 8 heteroatoms. The SMILES string of the molecule is Cn1cc(-c2cnn3c(N)c(Br)c(CC4CCNC4)nc23)cn1. The lowest BCUT2D eigenvalue weighted by molar-refractivity contribution is 0.570. The molecular weight excluding hydrogens is 358 g/mol. The van der Waals surface area contributed by atoms with Gasteiger partial charge in [-0.3, -0.25) is 4.68 Å². The molecule has 1 fully saturated rings. The number of nitrogens with two attached hydrogens (primary N) is 1. The van der Waals surface area contributed by atoms with Gasteiger partial charge in [-0.25, -0.2) is 4.98 Å². The minimum atomic E-state index is 0.589. The molecule has 1 unspecified atom stereocenters. The molecule has 1 aliphatic rings. The molecule has 0 saturated carbocycles. The van der Waals surface area contributed by atoms with E-state index in [1.165, 1.54) is 6.42 Å². The van der Waals surface area contributed by atoms with Crippen molar-refractivity contribution in [1.29, 1.82) is 0 Å². The van der Waals surface area contributed by atoms with Crippen LogP contribution in [0, 0.1) is 5.92 Å². The second-order valence-corrected chi connectivity index (χ2v) is 6.81. The van der Waals surface area contributed by atoms with Crippen molar-refractivity contribution in [2.45, 2.75) is 12.8 Å². The number of halogens is 1. The third-order valence-electron chi connectivity index (χ3n) is 4.35. The molecule has 0 radical (unpaired) electrons. The van der Waals surface area contributed by atoms with Gasteiger partial charge in [0.2, 0.25) is 0 Å². The number of nitrogens with zero attached hydrogens (tertiary/aromatic N) is 5. The van der Waals surface area contributed by atoms with Crippen molar-refractivity contribution in [2.24, 2.45) is 13.0 Å². The standard InChI is InChI=1S/C15H18BrN7/c1-22-8-10(6-19-22)11-7-20-23-14(17)13(16)12(21-15(11)23)4-9-2-3-18-5-9/h6-9,18H,2-5,17H2,1H3. The molecule has 1 saturated heterocycles. The molecule has 120 valence electrons. The average molecular weight is 376 g/mol. The van der Waals surface area contributed by atoms with E-state index in [0.29, 0.717) is 11.7 Å². The van der Waals surface area contributed by atoms with Gasteiger partial charge in [0.25, 0.3) is 0 Å². The van der Waals surface area contributed by atoms with Gasteiger partial charge in [0.15, 0.2) is 5.65 Å². The Morgan fingerprint density at radius 1 is 1.39 bits per heavy atom. The molecule has 4 rings (SSSR count). The van der Waals surface area contributed by atoms with Crippen LogP contribution in [0.25, 0.3) is 16.8 Å². The number of nitrogen functional groups attached to an aromatic ring is 1. The van der Waals surface area contributed by atoms with Crippen LogP contribution in [0.2, 0.25) is 0 Å². The average Bonchev–Trinajstić information content (AvgIpc) is 3.25. The minimum absolute atomic E-state index is 0.589. The zero-order valence-corrected chi connectivity index (χ0v) is 14.4. The van der Waals surface area contributed by atoms with Crippen molar-refractivity contribution in [1.82, 2.24) is 29.7 Å². The zero-order chi connectivity index (χ0) is 16.0. The Bertz CT molecular complexity index is 860. The first-order valence-electron chi connectivity index (χ1n) is 7.65. The number of nitrogens with one attached hydrogen (secondary N) is 1. The molecule has 7 nitrogen and oxygen atoms in total. The predicted octanol–water partition coefficient (Wildman–Crippen LogP) is 1.63. The lowest BCUT2D eigenvalue weighted by Crippen LogP contribution is -2.13. The first kappa shape index (κ1) is 14.6. The smallest absolute Gasteiger partial charge is 0.165 e. The van der Waals surface area contributed by atoms with Gasteiger partial charge in [-0.1, -0.05) is 0 Å². The fourth-order valence-electron chi connectivity index (χ4n) is 3.10. The highest BCUT2D eigenvalue weighted by atomic mass is 79.9. The van der Waals surface area contributed by atoms with Crippen LogP contribution in [-0.4, -0.2) is 37.5 Å². The Labute approximate surface area is 142 Å². The van der Waals surface area contributed by atoms with Crippen molar-refractivity contribution in [3.63, 3.8) is 0 Å². The molecule has 0 spiro atoms. The summed E-state index contributed by atoms with van der Waals surface area (Å²) in [5.74, 6) is 1.19. The molecule has 3 aromatic heterocycles. The van der Waals surface area contributed by atoms with E-state index in [-0.39, 0.29) is 0 Å². The quantitative estimate of drug-likeness (QED) is 0.726. The van der Waals surface area contributed by atoms with E-state index >= 15 is 0 Å². The maximum Gasteiger partial charge on any atom is 0.165 e. The monoisotopic (exact) mass is 375 g/mol. The van der Waals surface area contributed by atoms with Crippen molar-refractivity contribution >= 4 is 27.4 Å². The predicted molar refractivity (Wildman–Crippen MR) is 92.0 cm³/mol. The molecule has 3 N–H and O–H groups in total. The molecule has 3 aromatic rings. The van der Waals surface area contributed by atoms with Gasteiger partial charge in [-0.15, -0.1) is 0 Å². The summed E-state index contributed by atoms with van der Waals surface area (Å²) >= 11 is 3.59. The van der Waals surface area contributed by atoms with E-state index in [9.17, 15) is 0 Å². The summed E-state index contributed by atoms with van der Waals surface area (Å²) in [6, 6.07) is 0. The number of aryl methyl sites for hydroxylation is 1. The highest BCUT2D eigenvalue weighted by Gasteiger charge is 2.21. The van der Waals surface area contributed by atoms with Crippen LogP contribution in [0.1, 0.15) is 12.1 Å². The minimum Gasteiger partial charge on any atom is -0.383 e. The Kier molecular flexibility index (Phi) is 3.57. The van der Waals surface area contributed by atoms with Gasteiger partial charge < -0.3 is 11.1 Å². The molecule has 23 heavy (non-hydrogen) atoms. The Morgan fingerprint density at radius 3 is 2.96 bits per heavy atom. The molecule has 0 bridgehead atoms. The van der Waals surface area contributed by atoms with Crippen LogP contribution in [0.3, 0.4) is 0 Å². The van der Waals surface area contributed by atoms with Gasteiger partial charge in [0.05, 0.1) is 22.6 Å². The molecule has 0 aromatic carbocycles. The first-order valence-corrected chi connectivity index (χ1v) is 8.44. The second kappa shape index (κ2) is 5.61. The van der Waals surface area contributed by atoms with Gasteiger partial charge in [0, 0.05) is 24.4 Å². The van der Waals surface area contributed by atoms with Crippen molar-refractivity contribution in [3.05, 3.63) is 28.8 Å². The molecule has 4 heterocycles. The summed E-state index contributed by atoms with van der Waals surface area (Å²) in [6.07, 6.45) is 7.65. The summed E-state index contributed by atoms with van der Waals surface area (Å²) in [6.45, 7) is 2.11. The molecule has 1 atom stereocenters. The van der Waals surface area contributed by atoms with Crippen LogP contribution >= 0.6 is 15.9 Å². The fourth-order valence-corrected chi connectivity index (χ4v) is 3.52. The Hall–Kier alpha value is -1.93. The van der Waals surface area contributed by atoms with Gasteiger partial charge in [-0.05, 0) is 47.8 Å². The topological polar surface area (TPSA) is 86.1 Å². The normalized spacial score (nSPS) is 18.1. The third-order valence-corrected chi connectivity index (χ3v) is 5.22. The van der Waals surface area contributed by atoms with Crippen LogP contribution in [0.4, 0.5) is 5.82 Å². The molecule has 0 amide bonds. The van der Waals surface area contributed by atoms with Crippen molar-refractivity contribution in [3.8, 4) is 11.1 Å². The van der Waals surface area contributed by atoms with Gasteiger partial charge in [-0.2, -0.15) is 14.7 Å². The summed E-state index contributed by atoms with van der Waals surface area (Å²) in [4.78, 5) is 4.85. The summed E-state index contributed by atoms with van der Waals surface area (Å²) in [7, 11) is 1.89. The highest BCUT2D eigenvalue weighted by Crippen LogP contribution is 2.31. The van der Waals surface area contributed by atoms with Gasteiger partial charge >= 0.3 is 0 Å². The number of fused-ring (bicyclic) bond motifs is 1. The Balaban J connectivity index is 1.82.